The smallest absolute Gasteiger partial charge is 0.394 e. The number of aryl methyl sites for hydroxylation is 1. The zero-order chi connectivity index (χ0) is 18.9. The van der Waals surface area contributed by atoms with Crippen molar-refractivity contribution in [2.24, 2.45) is 17.9 Å². The van der Waals surface area contributed by atoms with Crippen LogP contribution in [0.2, 0.25) is 0 Å². The molecule has 0 bridgehead atoms. The van der Waals surface area contributed by atoms with Gasteiger partial charge in [-0.15, -0.1) is 0 Å². The number of alkyl halides is 3. The number of halogens is 3. The summed E-state index contributed by atoms with van der Waals surface area (Å²) in [6.45, 7) is 2.14. The lowest BCUT2D eigenvalue weighted by molar-refractivity contribution is -0.137. The molecule has 1 aromatic carbocycles. The zero-order valence-electron chi connectivity index (χ0n) is 14.1. The lowest BCUT2D eigenvalue weighted by atomic mass is 10.2. The van der Waals surface area contributed by atoms with Gasteiger partial charge in [-0.05, 0) is 37.3 Å². The zero-order valence-corrected chi connectivity index (χ0v) is 14.1. The molecule has 0 spiro atoms. The van der Waals surface area contributed by atoms with E-state index in [1.54, 1.807) is 36.7 Å². The maximum Gasteiger partial charge on any atom is 0.416 e. The molecule has 9 heteroatoms. The SMILES string of the molecule is CCON=C(N)c1cccc(-c2nc3cc(C(F)(F)F)ccc3n2C)n1. The summed E-state index contributed by atoms with van der Waals surface area (Å²) in [6.07, 6.45) is -4.42. The van der Waals surface area contributed by atoms with Gasteiger partial charge in [-0.2, -0.15) is 13.2 Å². The van der Waals surface area contributed by atoms with E-state index in [0.717, 1.165) is 12.1 Å². The Morgan fingerprint density at radius 1 is 1.23 bits per heavy atom. The van der Waals surface area contributed by atoms with Crippen molar-refractivity contribution in [1.29, 1.82) is 0 Å². The number of pyridine rings is 1. The molecule has 0 radical (unpaired) electrons. The molecule has 0 aliphatic rings. The van der Waals surface area contributed by atoms with Crippen LogP contribution in [0.1, 0.15) is 18.2 Å². The van der Waals surface area contributed by atoms with E-state index in [2.05, 4.69) is 15.1 Å². The Bertz CT molecular complexity index is 978. The standard InChI is InChI=1S/C17H16F3N5O/c1-3-26-24-15(21)11-5-4-6-12(22-11)16-23-13-9-10(17(18,19)20)7-8-14(13)25(16)2/h4-9H,3H2,1-2H3,(H2,21,24). The Kier molecular flexibility index (Phi) is 4.54. The molecule has 0 aliphatic heterocycles. The van der Waals surface area contributed by atoms with Crippen molar-refractivity contribution < 1.29 is 18.0 Å². The topological polar surface area (TPSA) is 78.3 Å². The largest absolute Gasteiger partial charge is 0.416 e. The average molecular weight is 363 g/mol. The van der Waals surface area contributed by atoms with E-state index in [4.69, 9.17) is 10.6 Å². The highest BCUT2D eigenvalue weighted by Crippen LogP contribution is 2.32. The summed E-state index contributed by atoms with van der Waals surface area (Å²) in [4.78, 5) is 13.6. The van der Waals surface area contributed by atoms with Crippen LogP contribution in [-0.2, 0) is 18.1 Å². The molecular weight excluding hydrogens is 347 g/mol. The Labute approximate surface area is 147 Å². The summed E-state index contributed by atoms with van der Waals surface area (Å²) >= 11 is 0. The number of hydrogen-bond acceptors (Lipinski definition) is 4. The van der Waals surface area contributed by atoms with Gasteiger partial charge in [-0.25, -0.2) is 9.97 Å². The number of nitrogens with two attached hydrogens (primary N) is 1. The van der Waals surface area contributed by atoms with Gasteiger partial charge in [0.2, 0.25) is 0 Å². The first-order valence-corrected chi connectivity index (χ1v) is 7.78. The van der Waals surface area contributed by atoms with Crippen LogP contribution in [0.4, 0.5) is 13.2 Å². The Morgan fingerprint density at radius 3 is 2.69 bits per heavy atom. The third kappa shape index (κ3) is 3.32. The van der Waals surface area contributed by atoms with Crippen LogP contribution >= 0.6 is 0 Å². The van der Waals surface area contributed by atoms with E-state index >= 15 is 0 Å². The normalized spacial score (nSPS) is 12.6. The van der Waals surface area contributed by atoms with E-state index in [1.165, 1.54) is 6.07 Å². The van der Waals surface area contributed by atoms with E-state index in [0.29, 0.717) is 29.3 Å². The van der Waals surface area contributed by atoms with Crippen molar-refractivity contribution in [2.45, 2.75) is 13.1 Å². The van der Waals surface area contributed by atoms with Crippen molar-refractivity contribution in [2.75, 3.05) is 6.61 Å². The minimum Gasteiger partial charge on any atom is -0.394 e. The maximum absolute atomic E-state index is 12.9. The second kappa shape index (κ2) is 6.66. The lowest BCUT2D eigenvalue weighted by Crippen LogP contribution is -2.16. The van der Waals surface area contributed by atoms with Crippen LogP contribution in [0, 0.1) is 0 Å². The van der Waals surface area contributed by atoms with Crippen molar-refractivity contribution in [3.8, 4) is 11.5 Å². The highest BCUT2D eigenvalue weighted by Gasteiger charge is 2.31. The fourth-order valence-corrected chi connectivity index (χ4v) is 2.49. The minimum absolute atomic E-state index is 0.104. The van der Waals surface area contributed by atoms with Crippen molar-refractivity contribution >= 4 is 16.9 Å². The molecule has 2 aromatic heterocycles. The van der Waals surface area contributed by atoms with Gasteiger partial charge in [0.15, 0.2) is 11.7 Å². The molecule has 0 saturated carbocycles. The van der Waals surface area contributed by atoms with E-state index in [1.807, 2.05) is 0 Å². The van der Waals surface area contributed by atoms with E-state index in [-0.39, 0.29) is 11.4 Å². The third-order valence-electron chi connectivity index (χ3n) is 3.74. The van der Waals surface area contributed by atoms with E-state index < -0.39 is 11.7 Å². The summed E-state index contributed by atoms with van der Waals surface area (Å²) in [5, 5.41) is 3.73. The monoisotopic (exact) mass is 363 g/mol. The molecule has 26 heavy (non-hydrogen) atoms. The van der Waals surface area contributed by atoms with Gasteiger partial charge in [0.05, 0.1) is 16.6 Å². The molecule has 2 N–H and O–H groups in total. The lowest BCUT2D eigenvalue weighted by Gasteiger charge is -2.06. The van der Waals surface area contributed by atoms with E-state index in [9.17, 15) is 13.2 Å². The highest BCUT2D eigenvalue weighted by molar-refractivity contribution is 5.95. The predicted molar refractivity (Wildman–Crippen MR) is 91.3 cm³/mol. The molecule has 0 saturated heterocycles. The predicted octanol–water partition coefficient (Wildman–Crippen LogP) is 3.31. The van der Waals surface area contributed by atoms with Crippen LogP contribution < -0.4 is 5.73 Å². The number of rotatable bonds is 4. The molecular formula is C17H16F3N5O. The number of oxime groups is 1. The van der Waals surface area contributed by atoms with Crippen molar-refractivity contribution in [3.63, 3.8) is 0 Å². The van der Waals surface area contributed by atoms with Crippen molar-refractivity contribution in [3.05, 3.63) is 47.7 Å². The maximum atomic E-state index is 12.9. The molecule has 6 nitrogen and oxygen atoms in total. The molecule has 0 fully saturated rings. The van der Waals surface area contributed by atoms with Gasteiger partial charge in [-0.1, -0.05) is 11.2 Å². The summed E-state index contributed by atoms with van der Waals surface area (Å²) < 4.78 is 40.4. The molecule has 0 aliphatic carbocycles. The van der Waals surface area contributed by atoms with Crippen LogP contribution in [0.5, 0.6) is 0 Å². The number of benzene rings is 1. The molecule has 2 heterocycles. The highest BCUT2D eigenvalue weighted by atomic mass is 19.4. The third-order valence-corrected chi connectivity index (χ3v) is 3.74. The first-order valence-electron chi connectivity index (χ1n) is 7.78. The summed E-state index contributed by atoms with van der Waals surface area (Å²) in [6, 6.07) is 8.52. The number of hydrogen-bond donors (Lipinski definition) is 1. The van der Waals surface area contributed by atoms with Gasteiger partial charge in [0.1, 0.15) is 18.0 Å². The van der Waals surface area contributed by atoms with Crippen molar-refractivity contribution in [1.82, 2.24) is 14.5 Å². The molecule has 0 amide bonds. The number of amidine groups is 1. The fraction of sp³-hybridized carbons (Fsp3) is 0.235. The van der Waals surface area contributed by atoms with Gasteiger partial charge in [-0.3, -0.25) is 0 Å². The number of nitrogens with zero attached hydrogens (tertiary/aromatic N) is 4. The minimum atomic E-state index is -4.42. The first-order chi connectivity index (χ1) is 12.3. The Balaban J connectivity index is 2.07. The van der Waals surface area contributed by atoms with Crippen LogP contribution in [0.15, 0.2) is 41.6 Å². The summed E-state index contributed by atoms with van der Waals surface area (Å²) in [5.74, 6) is 0.525. The molecule has 136 valence electrons. The molecule has 0 atom stereocenters. The molecule has 0 unspecified atom stereocenters. The number of imidazole rings is 1. The van der Waals surface area contributed by atoms with Gasteiger partial charge >= 0.3 is 6.18 Å². The molecule has 3 rings (SSSR count). The summed E-state index contributed by atoms with van der Waals surface area (Å²) in [7, 11) is 1.71. The Hall–Kier alpha value is -3.10. The second-order valence-electron chi connectivity index (χ2n) is 5.50. The average Bonchev–Trinajstić information content (AvgIpc) is 2.95. The van der Waals surface area contributed by atoms with Gasteiger partial charge in [0.25, 0.3) is 0 Å². The second-order valence-corrected chi connectivity index (χ2v) is 5.50. The summed E-state index contributed by atoms with van der Waals surface area (Å²) in [5.41, 5.74) is 6.73. The number of aromatic nitrogens is 3. The fourth-order valence-electron chi connectivity index (χ4n) is 2.49. The quantitative estimate of drug-likeness (QED) is 0.438. The van der Waals surface area contributed by atoms with Gasteiger partial charge in [0, 0.05) is 7.05 Å². The van der Waals surface area contributed by atoms with Crippen LogP contribution in [-0.4, -0.2) is 27.0 Å². The van der Waals surface area contributed by atoms with Gasteiger partial charge < -0.3 is 15.1 Å². The number of fused-ring (bicyclic) bond motifs is 1. The molecule has 3 aromatic rings. The van der Waals surface area contributed by atoms with Crippen LogP contribution in [0.3, 0.4) is 0 Å². The first kappa shape index (κ1) is 17.7. The Morgan fingerprint density at radius 2 is 2.00 bits per heavy atom. The van der Waals surface area contributed by atoms with Crippen LogP contribution in [0.25, 0.3) is 22.6 Å².